The molecule has 0 aliphatic rings. The van der Waals surface area contributed by atoms with Gasteiger partial charge in [-0.3, -0.25) is 4.79 Å². The third kappa shape index (κ3) is 4.28. The van der Waals surface area contributed by atoms with Crippen LogP contribution in [0.4, 0.5) is 13.2 Å². The molecule has 0 fully saturated rings. The standard InChI is InChI=1S/C15H12F3NO5/c1-19(13(20)12-6-10(8-23-12)14(21)22)7-9-4-2-3-5-11(9)24-15(16,17)18/h2-6,8H,7H2,1H3,(H,21,22). The highest BCUT2D eigenvalue weighted by atomic mass is 19.4. The summed E-state index contributed by atoms with van der Waals surface area (Å²) in [6.45, 7) is -0.186. The fourth-order valence-electron chi connectivity index (χ4n) is 1.93. The normalized spacial score (nSPS) is 11.2. The molecule has 0 saturated heterocycles. The zero-order valence-corrected chi connectivity index (χ0v) is 12.3. The Morgan fingerprint density at radius 3 is 2.54 bits per heavy atom. The highest BCUT2D eigenvalue weighted by molar-refractivity contribution is 5.95. The Morgan fingerprint density at radius 2 is 1.96 bits per heavy atom. The van der Waals surface area contributed by atoms with E-state index in [-0.39, 0.29) is 23.4 Å². The SMILES string of the molecule is CN(Cc1ccccc1OC(F)(F)F)C(=O)c1cc(C(=O)O)co1. The number of hydrogen-bond acceptors (Lipinski definition) is 4. The van der Waals surface area contributed by atoms with E-state index in [2.05, 4.69) is 4.74 Å². The number of carboxylic acid groups (broad SMARTS) is 1. The summed E-state index contributed by atoms with van der Waals surface area (Å²) in [7, 11) is 1.34. The number of amides is 1. The van der Waals surface area contributed by atoms with Gasteiger partial charge in [-0.1, -0.05) is 18.2 Å². The first-order valence-corrected chi connectivity index (χ1v) is 6.58. The average Bonchev–Trinajstić information content (AvgIpc) is 2.97. The van der Waals surface area contributed by atoms with Gasteiger partial charge >= 0.3 is 12.3 Å². The van der Waals surface area contributed by atoms with E-state index in [4.69, 9.17) is 9.52 Å². The van der Waals surface area contributed by atoms with Crippen LogP contribution in [-0.2, 0) is 6.54 Å². The molecule has 2 rings (SSSR count). The Hall–Kier alpha value is -2.97. The maximum atomic E-state index is 12.4. The van der Waals surface area contributed by atoms with Crippen LogP contribution in [0.25, 0.3) is 0 Å². The summed E-state index contributed by atoms with van der Waals surface area (Å²) in [4.78, 5) is 24.0. The number of carbonyl (C=O) groups is 2. The van der Waals surface area contributed by atoms with Crippen molar-refractivity contribution >= 4 is 11.9 Å². The van der Waals surface area contributed by atoms with Gasteiger partial charge in [-0.25, -0.2) is 4.79 Å². The fourth-order valence-corrected chi connectivity index (χ4v) is 1.93. The molecule has 1 aromatic carbocycles. The maximum absolute atomic E-state index is 12.4. The van der Waals surface area contributed by atoms with Crippen LogP contribution in [-0.4, -0.2) is 35.3 Å². The molecule has 6 nitrogen and oxygen atoms in total. The molecule has 0 unspecified atom stereocenters. The summed E-state index contributed by atoms with van der Waals surface area (Å²) in [6, 6.07) is 6.44. The minimum Gasteiger partial charge on any atom is -0.478 e. The van der Waals surface area contributed by atoms with E-state index >= 15 is 0 Å². The second kappa shape index (κ2) is 6.65. The van der Waals surface area contributed by atoms with Crippen LogP contribution in [0.15, 0.2) is 41.0 Å². The molecule has 1 aromatic heterocycles. The van der Waals surface area contributed by atoms with Gasteiger partial charge in [-0.05, 0) is 6.07 Å². The first kappa shape index (κ1) is 17.4. The molecule has 1 N–H and O–H groups in total. The molecule has 0 radical (unpaired) electrons. The number of halogens is 3. The van der Waals surface area contributed by atoms with E-state index in [1.54, 1.807) is 0 Å². The first-order valence-electron chi connectivity index (χ1n) is 6.58. The van der Waals surface area contributed by atoms with Crippen molar-refractivity contribution < 1.29 is 37.0 Å². The Morgan fingerprint density at radius 1 is 1.29 bits per heavy atom. The van der Waals surface area contributed by atoms with Crippen LogP contribution < -0.4 is 4.74 Å². The van der Waals surface area contributed by atoms with Crippen molar-refractivity contribution in [2.24, 2.45) is 0 Å². The second-order valence-corrected chi connectivity index (χ2v) is 4.82. The summed E-state index contributed by atoms with van der Waals surface area (Å²) in [5.41, 5.74) is -0.0664. The van der Waals surface area contributed by atoms with Gasteiger partial charge in [0.1, 0.15) is 12.0 Å². The monoisotopic (exact) mass is 343 g/mol. The van der Waals surface area contributed by atoms with Crippen molar-refractivity contribution in [2.45, 2.75) is 12.9 Å². The molecular formula is C15H12F3NO5. The molecule has 1 heterocycles. The number of carboxylic acids is 1. The lowest BCUT2D eigenvalue weighted by molar-refractivity contribution is -0.275. The van der Waals surface area contributed by atoms with Gasteiger partial charge < -0.3 is 19.2 Å². The summed E-state index contributed by atoms with van der Waals surface area (Å²) < 4.78 is 46.0. The molecule has 128 valence electrons. The van der Waals surface area contributed by atoms with Crippen molar-refractivity contribution in [2.75, 3.05) is 7.05 Å². The lowest BCUT2D eigenvalue weighted by Gasteiger charge is -2.19. The summed E-state index contributed by atoms with van der Waals surface area (Å²) >= 11 is 0. The van der Waals surface area contributed by atoms with Gasteiger partial charge in [0, 0.05) is 25.2 Å². The predicted octanol–water partition coefficient (Wildman–Crippen LogP) is 3.15. The second-order valence-electron chi connectivity index (χ2n) is 4.82. The quantitative estimate of drug-likeness (QED) is 0.902. The molecule has 9 heteroatoms. The number of aromatic carboxylic acids is 1. The van der Waals surface area contributed by atoms with Crippen molar-refractivity contribution in [3.05, 3.63) is 53.5 Å². The zero-order chi connectivity index (χ0) is 17.9. The number of hydrogen-bond donors (Lipinski definition) is 1. The minimum atomic E-state index is -4.85. The number of carbonyl (C=O) groups excluding carboxylic acids is 1. The number of ether oxygens (including phenoxy) is 1. The van der Waals surface area contributed by atoms with Crippen LogP contribution in [0.1, 0.15) is 26.5 Å². The van der Waals surface area contributed by atoms with E-state index in [9.17, 15) is 22.8 Å². The molecule has 2 aromatic rings. The largest absolute Gasteiger partial charge is 0.573 e. The lowest BCUT2D eigenvalue weighted by Crippen LogP contribution is -2.27. The van der Waals surface area contributed by atoms with Crippen molar-refractivity contribution in [1.82, 2.24) is 4.90 Å². The smallest absolute Gasteiger partial charge is 0.478 e. The Labute approximate surface area is 134 Å². The number of para-hydroxylation sites is 1. The van der Waals surface area contributed by atoms with E-state index in [1.165, 1.54) is 25.2 Å². The maximum Gasteiger partial charge on any atom is 0.573 e. The topological polar surface area (TPSA) is 80.0 Å². The van der Waals surface area contributed by atoms with Crippen LogP contribution in [0.5, 0.6) is 5.75 Å². The molecule has 24 heavy (non-hydrogen) atoms. The van der Waals surface area contributed by atoms with Crippen molar-refractivity contribution in [3.63, 3.8) is 0 Å². The van der Waals surface area contributed by atoms with Gasteiger partial charge in [0.25, 0.3) is 5.91 Å². The molecule has 0 aliphatic heterocycles. The van der Waals surface area contributed by atoms with Crippen molar-refractivity contribution in [3.8, 4) is 5.75 Å². The third-order valence-corrected chi connectivity index (χ3v) is 3.01. The number of benzene rings is 1. The molecule has 0 bridgehead atoms. The molecule has 0 aliphatic carbocycles. The minimum absolute atomic E-state index is 0.135. The number of rotatable bonds is 5. The van der Waals surface area contributed by atoms with E-state index in [0.29, 0.717) is 0 Å². The average molecular weight is 343 g/mol. The highest BCUT2D eigenvalue weighted by Gasteiger charge is 2.32. The summed E-state index contributed by atoms with van der Waals surface area (Å²) in [6.07, 6.45) is -3.94. The van der Waals surface area contributed by atoms with Gasteiger partial charge in [0.15, 0.2) is 5.76 Å². The first-order chi connectivity index (χ1) is 11.2. The summed E-state index contributed by atoms with van der Waals surface area (Å²) in [5, 5.41) is 8.79. The molecule has 0 spiro atoms. The lowest BCUT2D eigenvalue weighted by atomic mass is 10.2. The third-order valence-electron chi connectivity index (χ3n) is 3.01. The van der Waals surface area contributed by atoms with Gasteiger partial charge in [-0.2, -0.15) is 0 Å². The van der Waals surface area contributed by atoms with Crippen LogP contribution in [0, 0.1) is 0 Å². The van der Waals surface area contributed by atoms with E-state index in [1.807, 2.05) is 0 Å². The van der Waals surface area contributed by atoms with Crippen molar-refractivity contribution in [1.29, 1.82) is 0 Å². The Kier molecular flexibility index (Phi) is 4.82. The molecular weight excluding hydrogens is 331 g/mol. The molecule has 0 atom stereocenters. The van der Waals surface area contributed by atoms with Gasteiger partial charge in [-0.15, -0.1) is 13.2 Å². The Balaban J connectivity index is 2.15. The van der Waals surface area contributed by atoms with Gasteiger partial charge in [0.05, 0.1) is 5.56 Å². The van der Waals surface area contributed by atoms with E-state index in [0.717, 1.165) is 23.3 Å². The van der Waals surface area contributed by atoms with Gasteiger partial charge in [0.2, 0.25) is 0 Å². The van der Waals surface area contributed by atoms with Crippen LogP contribution in [0.2, 0.25) is 0 Å². The number of alkyl halides is 3. The molecule has 1 amide bonds. The summed E-state index contributed by atoms with van der Waals surface area (Å²) in [5.74, 6) is -2.59. The Bertz CT molecular complexity index is 754. The molecule has 0 saturated carbocycles. The van der Waals surface area contributed by atoms with E-state index < -0.39 is 24.0 Å². The zero-order valence-electron chi connectivity index (χ0n) is 12.3. The fraction of sp³-hybridized carbons (Fsp3) is 0.200. The number of nitrogens with zero attached hydrogens (tertiary/aromatic N) is 1. The van der Waals surface area contributed by atoms with Crippen LogP contribution >= 0.6 is 0 Å². The van der Waals surface area contributed by atoms with Crippen LogP contribution in [0.3, 0.4) is 0 Å². The number of furan rings is 1. The highest BCUT2D eigenvalue weighted by Crippen LogP contribution is 2.27. The predicted molar refractivity (Wildman–Crippen MR) is 74.6 cm³/mol.